The van der Waals surface area contributed by atoms with Crippen molar-refractivity contribution in [2.75, 3.05) is 20.1 Å². The van der Waals surface area contributed by atoms with Crippen LogP contribution in [0.1, 0.15) is 31.7 Å². The summed E-state index contributed by atoms with van der Waals surface area (Å²) >= 11 is 4.95. The van der Waals surface area contributed by atoms with Crippen molar-refractivity contribution in [2.45, 2.75) is 31.1 Å². The second kappa shape index (κ2) is 7.85. The van der Waals surface area contributed by atoms with E-state index < -0.39 is 10.0 Å². The van der Waals surface area contributed by atoms with Crippen LogP contribution in [0.15, 0.2) is 34.3 Å². The molecule has 1 aromatic rings. The molecule has 1 fully saturated rings. The Morgan fingerprint density at radius 1 is 1.17 bits per heavy atom. The van der Waals surface area contributed by atoms with Gasteiger partial charge in [0, 0.05) is 20.1 Å². The molecule has 23 heavy (non-hydrogen) atoms. The maximum absolute atomic E-state index is 12.6. The number of thiocarbonyl (C=S) groups is 1. The van der Waals surface area contributed by atoms with Crippen molar-refractivity contribution in [1.82, 2.24) is 15.0 Å². The Bertz CT molecular complexity index is 678. The summed E-state index contributed by atoms with van der Waals surface area (Å²) < 4.78 is 26.7. The zero-order valence-electron chi connectivity index (χ0n) is 13.4. The number of piperidine rings is 1. The lowest BCUT2D eigenvalue weighted by molar-refractivity contribution is 0.346. The fourth-order valence-electron chi connectivity index (χ4n) is 2.38. The molecule has 1 aliphatic rings. The predicted molar refractivity (Wildman–Crippen MR) is 96.1 cm³/mol. The molecular weight excluding hydrogens is 332 g/mol. The Morgan fingerprint density at radius 2 is 1.78 bits per heavy atom. The van der Waals surface area contributed by atoms with Gasteiger partial charge in [0.25, 0.3) is 0 Å². The highest BCUT2D eigenvalue weighted by Crippen LogP contribution is 2.20. The lowest BCUT2D eigenvalue weighted by Gasteiger charge is -2.25. The standard InChI is InChI=1S/C15H22N4O2S2/c1-12(17-18-15(22)16-2)13-6-8-14(9-7-13)23(20,21)19-10-4-3-5-11-19/h6-9H,3-5,10-11H2,1-2H3,(H2,16,18,22)/b17-12-. The van der Waals surface area contributed by atoms with E-state index in [1.807, 2.05) is 6.92 Å². The Kier molecular flexibility index (Phi) is 6.09. The number of nitrogens with zero attached hydrogens (tertiary/aromatic N) is 2. The summed E-state index contributed by atoms with van der Waals surface area (Å²) in [5, 5.41) is 7.34. The minimum absolute atomic E-state index is 0.328. The molecule has 0 bridgehead atoms. The second-order valence-corrected chi connectivity index (χ2v) is 7.72. The molecule has 0 aliphatic carbocycles. The van der Waals surface area contributed by atoms with Crippen LogP contribution < -0.4 is 10.7 Å². The number of nitrogens with one attached hydrogen (secondary N) is 2. The van der Waals surface area contributed by atoms with Gasteiger partial charge in [-0.3, -0.25) is 5.43 Å². The number of benzene rings is 1. The van der Waals surface area contributed by atoms with Crippen molar-refractivity contribution < 1.29 is 8.42 Å². The number of hydrogen-bond donors (Lipinski definition) is 2. The normalized spacial score (nSPS) is 16.9. The molecule has 0 amide bonds. The first kappa shape index (κ1) is 17.8. The Labute approximate surface area is 143 Å². The van der Waals surface area contributed by atoms with Gasteiger partial charge in [-0.1, -0.05) is 18.6 Å². The molecule has 0 radical (unpaired) electrons. The molecule has 1 heterocycles. The fraction of sp³-hybridized carbons (Fsp3) is 0.467. The third kappa shape index (κ3) is 4.49. The van der Waals surface area contributed by atoms with Crippen molar-refractivity contribution >= 4 is 33.1 Å². The third-order valence-corrected chi connectivity index (χ3v) is 5.99. The predicted octanol–water partition coefficient (Wildman–Crippen LogP) is 1.68. The summed E-state index contributed by atoms with van der Waals surface area (Å²) in [5.41, 5.74) is 4.28. The summed E-state index contributed by atoms with van der Waals surface area (Å²) in [6.07, 6.45) is 2.96. The molecule has 126 valence electrons. The van der Waals surface area contributed by atoms with Crippen molar-refractivity contribution in [3.8, 4) is 0 Å². The van der Waals surface area contributed by atoms with Crippen LogP contribution >= 0.6 is 12.2 Å². The van der Waals surface area contributed by atoms with Gasteiger partial charge >= 0.3 is 0 Å². The molecule has 8 heteroatoms. The fourth-order valence-corrected chi connectivity index (χ4v) is 3.94. The van der Waals surface area contributed by atoms with E-state index in [0.717, 1.165) is 30.5 Å². The van der Waals surface area contributed by atoms with Crippen LogP contribution in [0.4, 0.5) is 0 Å². The Hall–Kier alpha value is -1.51. The van der Waals surface area contributed by atoms with Gasteiger partial charge < -0.3 is 5.32 Å². The molecule has 6 nitrogen and oxygen atoms in total. The van der Waals surface area contributed by atoms with Gasteiger partial charge in [-0.25, -0.2) is 8.42 Å². The molecular formula is C15H22N4O2S2. The monoisotopic (exact) mass is 354 g/mol. The van der Waals surface area contributed by atoms with Crippen LogP contribution in [0, 0.1) is 0 Å². The van der Waals surface area contributed by atoms with E-state index in [4.69, 9.17) is 12.2 Å². The van der Waals surface area contributed by atoms with E-state index in [-0.39, 0.29) is 0 Å². The van der Waals surface area contributed by atoms with Crippen molar-refractivity contribution in [2.24, 2.45) is 5.10 Å². The summed E-state index contributed by atoms with van der Waals surface area (Å²) in [7, 11) is -1.68. The summed E-state index contributed by atoms with van der Waals surface area (Å²) in [4.78, 5) is 0.328. The Balaban J connectivity index is 2.14. The average Bonchev–Trinajstić information content (AvgIpc) is 2.60. The van der Waals surface area contributed by atoms with E-state index in [1.165, 1.54) is 0 Å². The molecule has 2 N–H and O–H groups in total. The summed E-state index contributed by atoms with van der Waals surface area (Å²) in [6, 6.07) is 6.79. The zero-order valence-corrected chi connectivity index (χ0v) is 15.0. The number of rotatable bonds is 4. The van der Waals surface area contributed by atoms with Crippen LogP contribution in [0.5, 0.6) is 0 Å². The van der Waals surface area contributed by atoms with Gasteiger partial charge in [-0.2, -0.15) is 9.41 Å². The minimum Gasteiger partial charge on any atom is -0.364 e. The highest BCUT2D eigenvalue weighted by atomic mass is 32.2. The summed E-state index contributed by atoms with van der Waals surface area (Å²) in [6.45, 7) is 3.05. The highest BCUT2D eigenvalue weighted by Gasteiger charge is 2.25. The van der Waals surface area contributed by atoms with Crippen LogP contribution in [0.2, 0.25) is 0 Å². The van der Waals surface area contributed by atoms with Gasteiger partial charge in [-0.15, -0.1) is 0 Å². The lowest BCUT2D eigenvalue weighted by atomic mass is 10.1. The van der Waals surface area contributed by atoms with Crippen molar-refractivity contribution in [3.05, 3.63) is 29.8 Å². The first-order chi connectivity index (χ1) is 10.9. The van der Waals surface area contributed by atoms with E-state index in [1.54, 1.807) is 35.6 Å². The second-order valence-electron chi connectivity index (χ2n) is 5.38. The van der Waals surface area contributed by atoms with Crippen molar-refractivity contribution in [3.63, 3.8) is 0 Å². The Morgan fingerprint density at radius 3 is 2.35 bits per heavy atom. The zero-order chi connectivity index (χ0) is 16.9. The van der Waals surface area contributed by atoms with Gasteiger partial charge in [0.05, 0.1) is 10.6 Å². The van der Waals surface area contributed by atoms with E-state index in [9.17, 15) is 8.42 Å². The van der Waals surface area contributed by atoms with Gasteiger partial charge in [0.1, 0.15) is 0 Å². The molecule has 0 spiro atoms. The maximum atomic E-state index is 12.6. The first-order valence-electron chi connectivity index (χ1n) is 7.58. The third-order valence-electron chi connectivity index (χ3n) is 3.78. The topological polar surface area (TPSA) is 73.8 Å². The number of hydrazone groups is 1. The molecule has 0 saturated carbocycles. The maximum Gasteiger partial charge on any atom is 0.243 e. The molecule has 0 aromatic heterocycles. The van der Waals surface area contributed by atoms with Crippen LogP contribution in [-0.2, 0) is 10.0 Å². The highest BCUT2D eigenvalue weighted by molar-refractivity contribution is 7.89. The summed E-state index contributed by atoms with van der Waals surface area (Å²) in [5.74, 6) is 0. The van der Waals surface area contributed by atoms with Crippen LogP contribution in [0.3, 0.4) is 0 Å². The number of sulfonamides is 1. The largest absolute Gasteiger partial charge is 0.364 e. The lowest BCUT2D eigenvalue weighted by Crippen LogP contribution is -2.35. The molecule has 1 aliphatic heterocycles. The SMILES string of the molecule is CNC(=S)N/N=C(/C)c1ccc(S(=O)(=O)N2CCCCC2)cc1. The smallest absolute Gasteiger partial charge is 0.243 e. The average molecular weight is 355 g/mol. The van der Waals surface area contributed by atoms with Crippen molar-refractivity contribution in [1.29, 1.82) is 0 Å². The quantitative estimate of drug-likeness (QED) is 0.489. The molecule has 2 rings (SSSR count). The number of hydrogen-bond acceptors (Lipinski definition) is 4. The van der Waals surface area contributed by atoms with Gasteiger partial charge in [0.15, 0.2) is 5.11 Å². The molecule has 1 aromatic carbocycles. The first-order valence-corrected chi connectivity index (χ1v) is 9.42. The molecule has 0 unspecified atom stereocenters. The van der Waals surface area contributed by atoms with Gasteiger partial charge in [-0.05, 0) is 49.7 Å². The van der Waals surface area contributed by atoms with Crippen LogP contribution in [-0.4, -0.2) is 43.7 Å². The van der Waals surface area contributed by atoms with E-state index >= 15 is 0 Å². The molecule has 0 atom stereocenters. The molecule has 1 saturated heterocycles. The van der Waals surface area contributed by atoms with E-state index in [2.05, 4.69) is 15.8 Å². The van der Waals surface area contributed by atoms with Crippen LogP contribution in [0.25, 0.3) is 0 Å². The minimum atomic E-state index is -3.39. The van der Waals surface area contributed by atoms with Gasteiger partial charge in [0.2, 0.25) is 10.0 Å². The van der Waals surface area contributed by atoms with E-state index in [0.29, 0.717) is 23.1 Å².